The van der Waals surface area contributed by atoms with Crippen molar-refractivity contribution in [2.24, 2.45) is 0 Å². The molecule has 2 aliphatic rings. The smallest absolute Gasteiger partial charge is 0.0476 e. The maximum Gasteiger partial charge on any atom is 0.0476 e. The van der Waals surface area contributed by atoms with Crippen LogP contribution in [0.4, 0.5) is 17.1 Å². The van der Waals surface area contributed by atoms with Crippen LogP contribution < -0.4 is 4.90 Å². The van der Waals surface area contributed by atoms with Gasteiger partial charge in [-0.2, -0.15) is 0 Å². The molecule has 11 aromatic rings. The third kappa shape index (κ3) is 5.62. The molecule has 13 rings (SSSR count). The van der Waals surface area contributed by atoms with Crippen LogP contribution >= 0.6 is 11.3 Å². The first kappa shape index (κ1) is 37.1. The van der Waals surface area contributed by atoms with Gasteiger partial charge in [0.15, 0.2) is 0 Å². The Balaban J connectivity index is 0.932. The third-order valence-corrected chi connectivity index (χ3v) is 15.3. The second kappa shape index (κ2) is 14.3. The summed E-state index contributed by atoms with van der Waals surface area (Å²) in [6.07, 6.45) is 0. The highest BCUT2D eigenvalue weighted by molar-refractivity contribution is 7.25. The average Bonchev–Trinajstić information content (AvgIpc) is 3.96. The number of rotatable bonds is 6. The molecular weight excluding hydrogens is 791 g/mol. The van der Waals surface area contributed by atoms with Gasteiger partial charge in [-0.15, -0.1) is 11.3 Å². The van der Waals surface area contributed by atoms with Crippen molar-refractivity contribution in [1.29, 1.82) is 0 Å². The Kier molecular flexibility index (Phi) is 8.26. The van der Waals surface area contributed by atoms with Crippen LogP contribution in [0.15, 0.2) is 218 Å². The number of anilines is 3. The van der Waals surface area contributed by atoms with Gasteiger partial charge in [0.05, 0.1) is 0 Å². The van der Waals surface area contributed by atoms with Crippen LogP contribution in [0.5, 0.6) is 0 Å². The molecule has 0 fully saturated rings. The first-order valence-electron chi connectivity index (χ1n) is 22.4. The van der Waals surface area contributed by atoms with E-state index in [0.717, 1.165) is 17.1 Å². The molecule has 0 spiro atoms. The molecule has 0 N–H and O–H groups in total. The number of thiophene rings is 1. The monoisotopic (exact) mass is 833 g/mol. The highest BCUT2D eigenvalue weighted by Gasteiger charge is 2.38. The Morgan fingerprint density at radius 1 is 0.391 bits per heavy atom. The van der Waals surface area contributed by atoms with Gasteiger partial charge in [-0.3, -0.25) is 0 Å². The molecule has 0 saturated carbocycles. The van der Waals surface area contributed by atoms with Crippen LogP contribution in [-0.2, 0) is 5.41 Å². The second-order valence-electron chi connectivity index (χ2n) is 18.0. The molecule has 64 heavy (non-hydrogen) atoms. The molecule has 2 aliphatic carbocycles. The lowest BCUT2D eigenvalue weighted by Gasteiger charge is -2.28. The van der Waals surface area contributed by atoms with E-state index in [9.17, 15) is 0 Å². The molecule has 0 aliphatic heterocycles. The Morgan fingerprint density at radius 3 is 1.67 bits per heavy atom. The molecule has 302 valence electrons. The summed E-state index contributed by atoms with van der Waals surface area (Å²) in [6.45, 7) is 4.83. The first-order valence-corrected chi connectivity index (χ1v) is 23.2. The molecular formula is C62H43NS. The zero-order chi connectivity index (χ0) is 42.5. The summed E-state index contributed by atoms with van der Waals surface area (Å²) in [6, 6.07) is 81.5. The SMILES string of the molecule is CC1(C)c2cc(C3c4ccccc4-c4ccccc43)ccc2-c2ccc(N(c3ccc(-c4cccc5cccc(-c6ccccc6)c45)cc3)c3ccc4c(c3)sc3ccccc34)cc21. The molecule has 0 saturated heterocycles. The normalized spacial score (nSPS) is 13.5. The number of hydrogen-bond donors (Lipinski definition) is 0. The molecule has 1 heterocycles. The molecule has 2 heteroatoms. The van der Waals surface area contributed by atoms with Gasteiger partial charge in [0.2, 0.25) is 0 Å². The van der Waals surface area contributed by atoms with E-state index >= 15 is 0 Å². The van der Waals surface area contributed by atoms with Crippen LogP contribution in [0.1, 0.15) is 47.6 Å². The van der Waals surface area contributed by atoms with Gasteiger partial charge in [0.1, 0.15) is 0 Å². The Morgan fingerprint density at radius 2 is 0.938 bits per heavy atom. The molecule has 1 aromatic heterocycles. The van der Waals surface area contributed by atoms with Crippen molar-refractivity contribution >= 4 is 59.3 Å². The number of benzene rings is 10. The summed E-state index contributed by atoms with van der Waals surface area (Å²) < 4.78 is 2.61. The van der Waals surface area contributed by atoms with Crippen molar-refractivity contribution in [2.45, 2.75) is 25.2 Å². The van der Waals surface area contributed by atoms with Crippen molar-refractivity contribution in [3.8, 4) is 44.5 Å². The Labute approximate surface area is 378 Å². The van der Waals surface area contributed by atoms with Crippen molar-refractivity contribution in [2.75, 3.05) is 4.90 Å². The van der Waals surface area contributed by atoms with E-state index in [1.807, 2.05) is 11.3 Å². The topological polar surface area (TPSA) is 3.24 Å². The number of fused-ring (bicyclic) bond motifs is 10. The minimum absolute atomic E-state index is 0.204. The van der Waals surface area contributed by atoms with Crippen molar-refractivity contribution in [1.82, 2.24) is 0 Å². The van der Waals surface area contributed by atoms with Crippen LogP contribution in [0.25, 0.3) is 75.5 Å². The largest absolute Gasteiger partial charge is 0.310 e. The maximum atomic E-state index is 2.51. The van der Waals surface area contributed by atoms with Gasteiger partial charge in [-0.05, 0) is 126 Å². The molecule has 0 amide bonds. The fourth-order valence-corrected chi connectivity index (χ4v) is 12.2. The van der Waals surface area contributed by atoms with E-state index in [1.165, 1.54) is 103 Å². The van der Waals surface area contributed by atoms with Crippen LogP contribution in [0.3, 0.4) is 0 Å². The zero-order valence-electron chi connectivity index (χ0n) is 35.7. The fraction of sp³-hybridized carbons (Fsp3) is 0.0645. The Bertz CT molecular complexity index is 3600. The van der Waals surface area contributed by atoms with Gasteiger partial charge >= 0.3 is 0 Å². The summed E-state index contributed by atoms with van der Waals surface area (Å²) in [5.74, 6) is 0.217. The summed E-state index contributed by atoms with van der Waals surface area (Å²) in [5, 5.41) is 5.14. The van der Waals surface area contributed by atoms with Gasteiger partial charge in [-0.25, -0.2) is 0 Å². The zero-order valence-corrected chi connectivity index (χ0v) is 36.5. The highest BCUT2D eigenvalue weighted by Crippen LogP contribution is 2.54. The standard InChI is InChI=1S/C62H43NS/c1-62(2)56-36-42(61-54-21-8-6-18-48(54)49-19-7-9-22-55(49)61)28-33-50(56)51-34-31-44(37-57(51)62)63(45-32-35-53-52-20-10-11-25-58(52)64-59(53)38-45)43-29-26-40(27-30-43)47-24-13-17-41-16-12-23-46(60(41)47)39-14-4-3-5-15-39/h3-38,61H,1-2H3. The Hall–Kier alpha value is -7.52. The number of hydrogen-bond acceptors (Lipinski definition) is 2. The predicted molar refractivity (Wildman–Crippen MR) is 273 cm³/mol. The molecule has 0 unspecified atom stereocenters. The van der Waals surface area contributed by atoms with Crippen LogP contribution in [0, 0.1) is 0 Å². The molecule has 0 atom stereocenters. The minimum Gasteiger partial charge on any atom is -0.310 e. The van der Waals surface area contributed by atoms with E-state index in [2.05, 4.69) is 237 Å². The first-order chi connectivity index (χ1) is 31.5. The van der Waals surface area contributed by atoms with Gasteiger partial charge in [0.25, 0.3) is 0 Å². The minimum atomic E-state index is -0.204. The third-order valence-electron chi connectivity index (χ3n) is 14.2. The summed E-state index contributed by atoms with van der Waals surface area (Å²) in [4.78, 5) is 2.46. The summed E-state index contributed by atoms with van der Waals surface area (Å²) in [5.41, 5.74) is 20.4. The molecule has 10 aromatic carbocycles. The van der Waals surface area contributed by atoms with Crippen LogP contribution in [0.2, 0.25) is 0 Å². The van der Waals surface area contributed by atoms with Gasteiger partial charge in [-0.1, -0.05) is 190 Å². The lowest BCUT2D eigenvalue weighted by molar-refractivity contribution is 0.659. The fourth-order valence-electron chi connectivity index (χ4n) is 11.1. The van der Waals surface area contributed by atoms with Crippen LogP contribution in [-0.4, -0.2) is 0 Å². The summed E-state index contributed by atoms with van der Waals surface area (Å²) >= 11 is 1.87. The highest BCUT2D eigenvalue weighted by atomic mass is 32.1. The van der Waals surface area contributed by atoms with E-state index in [0.29, 0.717) is 0 Å². The average molecular weight is 834 g/mol. The van der Waals surface area contributed by atoms with E-state index in [1.54, 1.807) is 0 Å². The second-order valence-corrected chi connectivity index (χ2v) is 19.1. The van der Waals surface area contributed by atoms with Gasteiger partial charge in [0, 0.05) is 48.6 Å². The molecule has 0 radical (unpaired) electrons. The lowest BCUT2D eigenvalue weighted by atomic mass is 9.80. The quantitative estimate of drug-likeness (QED) is 0.161. The van der Waals surface area contributed by atoms with E-state index in [4.69, 9.17) is 0 Å². The number of nitrogens with zero attached hydrogens (tertiary/aromatic N) is 1. The van der Waals surface area contributed by atoms with Gasteiger partial charge < -0.3 is 4.90 Å². The van der Waals surface area contributed by atoms with Crippen molar-refractivity contribution in [3.05, 3.63) is 246 Å². The van der Waals surface area contributed by atoms with E-state index < -0.39 is 0 Å². The van der Waals surface area contributed by atoms with Crippen molar-refractivity contribution < 1.29 is 0 Å². The summed E-state index contributed by atoms with van der Waals surface area (Å²) in [7, 11) is 0. The van der Waals surface area contributed by atoms with Crippen molar-refractivity contribution in [3.63, 3.8) is 0 Å². The maximum absolute atomic E-state index is 2.51. The lowest BCUT2D eigenvalue weighted by Crippen LogP contribution is -2.17. The predicted octanol–water partition coefficient (Wildman–Crippen LogP) is 17.5. The van der Waals surface area contributed by atoms with E-state index in [-0.39, 0.29) is 11.3 Å². The molecule has 1 nitrogen and oxygen atoms in total. The molecule has 0 bridgehead atoms.